The number of ether oxygens (including phenoxy) is 1. The van der Waals surface area contributed by atoms with Gasteiger partial charge < -0.3 is 10.1 Å². The van der Waals surface area contributed by atoms with Crippen LogP contribution in [-0.4, -0.2) is 18.6 Å². The lowest BCUT2D eigenvalue weighted by atomic mass is 10.2. The number of aromatic nitrogens is 1. The zero-order chi connectivity index (χ0) is 12.0. The van der Waals surface area contributed by atoms with Crippen molar-refractivity contribution in [3.05, 3.63) is 35.5 Å². The van der Waals surface area contributed by atoms with Crippen LogP contribution in [0.1, 0.15) is 24.6 Å². The molecule has 0 amide bonds. The van der Waals surface area contributed by atoms with Crippen LogP contribution in [0.15, 0.2) is 24.3 Å². The first-order valence-corrected chi connectivity index (χ1v) is 5.51. The number of nitrogens with one attached hydrogen (secondary N) is 1. The van der Waals surface area contributed by atoms with Crippen molar-refractivity contribution >= 4 is 0 Å². The highest BCUT2D eigenvalue weighted by molar-refractivity contribution is 5.24. The standard InChI is InChI=1S/C13H20N2O/c1-10(2)7-8-16-13-6-5-12(9-14-4)11(3)15-13/h5-6,14H,1,7-9H2,2-4H3. The van der Waals surface area contributed by atoms with Crippen LogP contribution in [0, 0.1) is 6.92 Å². The summed E-state index contributed by atoms with van der Waals surface area (Å²) >= 11 is 0. The lowest BCUT2D eigenvalue weighted by Crippen LogP contribution is -2.08. The van der Waals surface area contributed by atoms with Gasteiger partial charge in [0.05, 0.1) is 6.61 Å². The third-order valence-electron chi connectivity index (χ3n) is 2.32. The molecular weight excluding hydrogens is 200 g/mol. The average Bonchev–Trinajstić information content (AvgIpc) is 2.21. The zero-order valence-corrected chi connectivity index (χ0v) is 10.3. The molecule has 88 valence electrons. The van der Waals surface area contributed by atoms with Gasteiger partial charge in [0.1, 0.15) is 0 Å². The molecule has 1 rings (SSSR count). The van der Waals surface area contributed by atoms with Crippen LogP contribution < -0.4 is 10.1 Å². The van der Waals surface area contributed by atoms with E-state index in [9.17, 15) is 0 Å². The average molecular weight is 220 g/mol. The van der Waals surface area contributed by atoms with E-state index in [4.69, 9.17) is 4.74 Å². The number of hydrogen-bond acceptors (Lipinski definition) is 3. The summed E-state index contributed by atoms with van der Waals surface area (Å²) in [6.07, 6.45) is 0.874. The van der Waals surface area contributed by atoms with Gasteiger partial charge in [0.2, 0.25) is 5.88 Å². The Labute approximate surface area is 97.5 Å². The summed E-state index contributed by atoms with van der Waals surface area (Å²) in [6, 6.07) is 3.97. The predicted molar refractivity (Wildman–Crippen MR) is 66.7 cm³/mol. The molecule has 0 aliphatic carbocycles. The monoisotopic (exact) mass is 220 g/mol. The van der Waals surface area contributed by atoms with E-state index in [1.54, 1.807) is 0 Å². The van der Waals surface area contributed by atoms with Gasteiger partial charge in [-0.05, 0) is 26.5 Å². The molecule has 1 heterocycles. The lowest BCUT2D eigenvalue weighted by molar-refractivity contribution is 0.308. The molecule has 1 N–H and O–H groups in total. The highest BCUT2D eigenvalue weighted by Gasteiger charge is 2.01. The van der Waals surface area contributed by atoms with E-state index in [2.05, 4.69) is 22.9 Å². The van der Waals surface area contributed by atoms with Crippen molar-refractivity contribution in [2.45, 2.75) is 26.8 Å². The van der Waals surface area contributed by atoms with Crippen LogP contribution in [0.25, 0.3) is 0 Å². The van der Waals surface area contributed by atoms with Crippen molar-refractivity contribution in [3.63, 3.8) is 0 Å². The van der Waals surface area contributed by atoms with Crippen molar-refractivity contribution < 1.29 is 4.74 Å². The van der Waals surface area contributed by atoms with Gasteiger partial charge in [-0.1, -0.05) is 11.6 Å². The van der Waals surface area contributed by atoms with Gasteiger partial charge in [0.25, 0.3) is 0 Å². The van der Waals surface area contributed by atoms with E-state index in [1.807, 2.05) is 27.0 Å². The van der Waals surface area contributed by atoms with E-state index in [0.29, 0.717) is 12.5 Å². The van der Waals surface area contributed by atoms with E-state index >= 15 is 0 Å². The van der Waals surface area contributed by atoms with Gasteiger partial charge in [-0.25, -0.2) is 4.98 Å². The number of rotatable bonds is 6. The lowest BCUT2D eigenvalue weighted by Gasteiger charge is -2.08. The smallest absolute Gasteiger partial charge is 0.213 e. The van der Waals surface area contributed by atoms with Crippen LogP contribution in [0.5, 0.6) is 5.88 Å². The minimum Gasteiger partial charge on any atom is -0.477 e. The number of nitrogens with zero attached hydrogens (tertiary/aromatic N) is 1. The van der Waals surface area contributed by atoms with Gasteiger partial charge >= 0.3 is 0 Å². The molecule has 0 unspecified atom stereocenters. The topological polar surface area (TPSA) is 34.1 Å². The molecule has 0 aliphatic heterocycles. The molecule has 0 saturated carbocycles. The van der Waals surface area contributed by atoms with Gasteiger partial charge in [-0.2, -0.15) is 0 Å². The second-order valence-corrected chi connectivity index (χ2v) is 3.98. The molecule has 0 radical (unpaired) electrons. The predicted octanol–water partition coefficient (Wildman–Crippen LogP) is 2.45. The van der Waals surface area contributed by atoms with Gasteiger partial charge in [0, 0.05) is 24.7 Å². The molecule has 0 atom stereocenters. The quantitative estimate of drug-likeness (QED) is 0.748. The zero-order valence-electron chi connectivity index (χ0n) is 10.3. The fraction of sp³-hybridized carbons (Fsp3) is 0.462. The minimum atomic E-state index is 0.646. The normalized spacial score (nSPS) is 10.2. The molecule has 0 bridgehead atoms. The molecular formula is C13H20N2O. The Morgan fingerprint density at radius 1 is 1.50 bits per heavy atom. The third kappa shape index (κ3) is 4.03. The number of aryl methyl sites for hydroxylation is 1. The maximum Gasteiger partial charge on any atom is 0.213 e. The SMILES string of the molecule is C=C(C)CCOc1ccc(CNC)c(C)n1. The van der Waals surface area contributed by atoms with Crippen LogP contribution >= 0.6 is 0 Å². The maximum absolute atomic E-state index is 5.54. The number of pyridine rings is 1. The van der Waals surface area contributed by atoms with E-state index < -0.39 is 0 Å². The second-order valence-electron chi connectivity index (χ2n) is 3.98. The molecule has 0 spiro atoms. The van der Waals surface area contributed by atoms with Gasteiger partial charge in [-0.15, -0.1) is 6.58 Å². The van der Waals surface area contributed by atoms with E-state index in [1.165, 1.54) is 5.56 Å². The molecule has 1 aromatic rings. The molecule has 0 aromatic carbocycles. The van der Waals surface area contributed by atoms with Crippen molar-refractivity contribution in [3.8, 4) is 5.88 Å². The van der Waals surface area contributed by atoms with Crippen molar-refractivity contribution in [2.24, 2.45) is 0 Å². The fourth-order valence-electron chi connectivity index (χ4n) is 1.35. The van der Waals surface area contributed by atoms with Crippen molar-refractivity contribution in [2.75, 3.05) is 13.7 Å². The van der Waals surface area contributed by atoms with Gasteiger partial charge in [0.15, 0.2) is 0 Å². The summed E-state index contributed by atoms with van der Waals surface area (Å²) in [5, 5.41) is 3.11. The fourth-order valence-corrected chi connectivity index (χ4v) is 1.35. The summed E-state index contributed by atoms with van der Waals surface area (Å²) in [7, 11) is 1.93. The molecule has 3 nitrogen and oxygen atoms in total. The van der Waals surface area contributed by atoms with Crippen LogP contribution in [0.2, 0.25) is 0 Å². The Kier molecular flexibility index (Phi) is 4.99. The molecule has 0 fully saturated rings. The number of hydrogen-bond donors (Lipinski definition) is 1. The Morgan fingerprint density at radius 3 is 2.81 bits per heavy atom. The minimum absolute atomic E-state index is 0.646. The van der Waals surface area contributed by atoms with E-state index in [0.717, 1.165) is 24.2 Å². The molecule has 1 aromatic heterocycles. The first kappa shape index (κ1) is 12.7. The van der Waals surface area contributed by atoms with Crippen LogP contribution in [0.4, 0.5) is 0 Å². The highest BCUT2D eigenvalue weighted by Crippen LogP contribution is 2.12. The third-order valence-corrected chi connectivity index (χ3v) is 2.32. The molecule has 16 heavy (non-hydrogen) atoms. The summed E-state index contributed by atoms with van der Waals surface area (Å²) in [5.74, 6) is 0.693. The van der Waals surface area contributed by atoms with Crippen LogP contribution in [0.3, 0.4) is 0 Å². The Morgan fingerprint density at radius 2 is 2.25 bits per heavy atom. The summed E-state index contributed by atoms with van der Waals surface area (Å²) < 4.78 is 5.54. The molecule has 0 aliphatic rings. The first-order chi connectivity index (χ1) is 7.63. The maximum atomic E-state index is 5.54. The molecule has 3 heteroatoms. The van der Waals surface area contributed by atoms with Crippen molar-refractivity contribution in [1.29, 1.82) is 0 Å². The Bertz CT molecular complexity index is 361. The summed E-state index contributed by atoms with van der Waals surface area (Å²) in [5.41, 5.74) is 3.35. The highest BCUT2D eigenvalue weighted by atomic mass is 16.5. The molecule has 0 saturated heterocycles. The Balaban J connectivity index is 2.55. The largest absolute Gasteiger partial charge is 0.477 e. The Hall–Kier alpha value is -1.35. The summed E-state index contributed by atoms with van der Waals surface area (Å²) in [4.78, 5) is 4.40. The first-order valence-electron chi connectivity index (χ1n) is 5.51. The van der Waals surface area contributed by atoms with Gasteiger partial charge in [-0.3, -0.25) is 0 Å². The summed E-state index contributed by atoms with van der Waals surface area (Å²) in [6.45, 7) is 9.31. The van der Waals surface area contributed by atoms with Crippen LogP contribution in [-0.2, 0) is 6.54 Å². The second kappa shape index (κ2) is 6.28. The van der Waals surface area contributed by atoms with E-state index in [-0.39, 0.29) is 0 Å². The van der Waals surface area contributed by atoms with Crippen molar-refractivity contribution in [1.82, 2.24) is 10.3 Å².